The van der Waals surface area contributed by atoms with Crippen LogP contribution in [0.25, 0.3) is 0 Å². The molecule has 0 aliphatic carbocycles. The van der Waals surface area contributed by atoms with Gasteiger partial charge in [-0.1, -0.05) is 0 Å². The first-order valence-corrected chi connectivity index (χ1v) is 7.72. The molecule has 0 saturated carbocycles. The molecule has 0 aromatic rings. The molecular formula is C15H25F3N2O3. The van der Waals surface area contributed by atoms with Gasteiger partial charge in [-0.05, 0) is 40.5 Å². The van der Waals surface area contributed by atoms with E-state index < -0.39 is 29.8 Å². The third-order valence-electron chi connectivity index (χ3n) is 3.48. The molecule has 1 aliphatic rings. The van der Waals surface area contributed by atoms with Crippen molar-refractivity contribution in [2.75, 3.05) is 13.1 Å². The van der Waals surface area contributed by atoms with Crippen LogP contribution in [0.2, 0.25) is 0 Å². The number of rotatable bonds is 3. The predicted octanol–water partition coefficient (Wildman–Crippen LogP) is 3.09. The van der Waals surface area contributed by atoms with Gasteiger partial charge < -0.3 is 15.0 Å². The molecule has 0 radical (unpaired) electrons. The molecule has 5 nitrogen and oxygen atoms in total. The zero-order chi connectivity index (χ0) is 17.8. The number of carbonyl (C=O) groups is 2. The Morgan fingerprint density at radius 1 is 1.30 bits per heavy atom. The van der Waals surface area contributed by atoms with Gasteiger partial charge in [-0.15, -0.1) is 0 Å². The number of alkyl halides is 3. The number of nitrogens with one attached hydrogen (secondary N) is 1. The number of amides is 2. The molecule has 23 heavy (non-hydrogen) atoms. The average molecular weight is 338 g/mol. The van der Waals surface area contributed by atoms with Gasteiger partial charge in [0.2, 0.25) is 5.91 Å². The minimum absolute atomic E-state index is 0.0518. The second kappa shape index (κ2) is 7.40. The Morgan fingerprint density at radius 2 is 1.91 bits per heavy atom. The maximum absolute atomic E-state index is 12.8. The average Bonchev–Trinajstić information content (AvgIpc) is 2.35. The van der Waals surface area contributed by atoms with E-state index in [9.17, 15) is 22.8 Å². The van der Waals surface area contributed by atoms with E-state index in [-0.39, 0.29) is 25.3 Å². The summed E-state index contributed by atoms with van der Waals surface area (Å²) in [6, 6.07) is -0.511. The SMILES string of the molecule is C[C@@H](CC(=O)N1CCC[C@@H](C(F)(F)F)C1)NC(=O)OC(C)(C)C. The molecule has 134 valence electrons. The molecule has 0 aromatic heterocycles. The van der Waals surface area contributed by atoms with Crippen LogP contribution in [0.5, 0.6) is 0 Å². The van der Waals surface area contributed by atoms with Crippen LogP contribution in [0.1, 0.15) is 47.0 Å². The number of carbonyl (C=O) groups excluding carboxylic acids is 2. The molecule has 2 atom stereocenters. The van der Waals surface area contributed by atoms with Crippen molar-refractivity contribution >= 4 is 12.0 Å². The normalized spacial score (nSPS) is 20.8. The van der Waals surface area contributed by atoms with E-state index in [1.807, 2.05) is 0 Å². The Labute approximate surface area is 134 Å². The van der Waals surface area contributed by atoms with E-state index in [1.165, 1.54) is 4.90 Å². The number of likely N-dealkylation sites (tertiary alicyclic amines) is 1. The number of alkyl carbamates (subject to hydrolysis) is 1. The van der Waals surface area contributed by atoms with Crippen molar-refractivity contribution in [1.82, 2.24) is 10.2 Å². The zero-order valence-corrected chi connectivity index (χ0v) is 14.0. The van der Waals surface area contributed by atoms with Crippen LogP contribution >= 0.6 is 0 Å². The van der Waals surface area contributed by atoms with Crippen LogP contribution in [0.3, 0.4) is 0 Å². The summed E-state index contributed by atoms with van der Waals surface area (Å²) in [6.07, 6.45) is -4.59. The lowest BCUT2D eigenvalue weighted by atomic mass is 9.97. The van der Waals surface area contributed by atoms with Gasteiger partial charge in [-0.25, -0.2) is 4.79 Å². The first-order valence-electron chi connectivity index (χ1n) is 7.72. The molecule has 1 rings (SSSR count). The molecule has 1 aliphatic heterocycles. The van der Waals surface area contributed by atoms with Gasteiger partial charge in [0, 0.05) is 25.6 Å². The summed E-state index contributed by atoms with van der Waals surface area (Å²) in [4.78, 5) is 24.9. The number of ether oxygens (including phenoxy) is 1. The molecule has 0 aromatic carbocycles. The number of hydrogen-bond donors (Lipinski definition) is 1. The highest BCUT2D eigenvalue weighted by molar-refractivity contribution is 5.78. The molecule has 1 N–H and O–H groups in total. The molecule has 2 amide bonds. The van der Waals surface area contributed by atoms with Crippen LogP contribution in [0.15, 0.2) is 0 Å². The maximum atomic E-state index is 12.8. The summed E-state index contributed by atoms with van der Waals surface area (Å²) in [5.41, 5.74) is -0.652. The summed E-state index contributed by atoms with van der Waals surface area (Å²) in [7, 11) is 0. The van der Waals surface area contributed by atoms with Crippen LogP contribution in [0.4, 0.5) is 18.0 Å². The Hall–Kier alpha value is -1.47. The highest BCUT2D eigenvalue weighted by atomic mass is 19.4. The van der Waals surface area contributed by atoms with E-state index in [4.69, 9.17) is 4.74 Å². The van der Waals surface area contributed by atoms with Crippen molar-refractivity contribution in [3.05, 3.63) is 0 Å². The van der Waals surface area contributed by atoms with Gasteiger partial charge in [0.15, 0.2) is 0 Å². The first-order chi connectivity index (χ1) is 10.4. The quantitative estimate of drug-likeness (QED) is 0.860. The highest BCUT2D eigenvalue weighted by Crippen LogP contribution is 2.33. The molecule has 0 bridgehead atoms. The lowest BCUT2D eigenvalue weighted by molar-refractivity contribution is -0.188. The van der Waals surface area contributed by atoms with Crippen molar-refractivity contribution in [1.29, 1.82) is 0 Å². The number of piperidine rings is 1. The number of hydrogen-bond acceptors (Lipinski definition) is 3. The van der Waals surface area contributed by atoms with Gasteiger partial charge in [-0.3, -0.25) is 4.79 Å². The van der Waals surface area contributed by atoms with Crippen LogP contribution < -0.4 is 5.32 Å². The molecule has 0 unspecified atom stereocenters. The van der Waals surface area contributed by atoms with Crippen molar-refractivity contribution in [3.8, 4) is 0 Å². The first kappa shape index (κ1) is 19.6. The minimum atomic E-state index is -4.28. The second-order valence-corrected chi connectivity index (χ2v) is 6.97. The van der Waals surface area contributed by atoms with Gasteiger partial charge in [0.1, 0.15) is 5.60 Å². The lowest BCUT2D eigenvalue weighted by Gasteiger charge is -2.34. The molecule has 8 heteroatoms. The fourth-order valence-corrected chi connectivity index (χ4v) is 2.42. The van der Waals surface area contributed by atoms with Crippen molar-refractivity contribution in [2.24, 2.45) is 5.92 Å². The van der Waals surface area contributed by atoms with Crippen LogP contribution in [-0.2, 0) is 9.53 Å². The van der Waals surface area contributed by atoms with Crippen molar-refractivity contribution in [3.63, 3.8) is 0 Å². The smallest absolute Gasteiger partial charge is 0.407 e. The van der Waals surface area contributed by atoms with E-state index in [2.05, 4.69) is 5.32 Å². The third kappa shape index (κ3) is 7.09. The van der Waals surface area contributed by atoms with Crippen molar-refractivity contribution < 1.29 is 27.5 Å². The van der Waals surface area contributed by atoms with Crippen molar-refractivity contribution in [2.45, 2.75) is 64.8 Å². The van der Waals surface area contributed by atoms with Crippen LogP contribution in [0, 0.1) is 5.92 Å². The second-order valence-electron chi connectivity index (χ2n) is 6.97. The molecule has 0 spiro atoms. The highest BCUT2D eigenvalue weighted by Gasteiger charge is 2.42. The standard InChI is InChI=1S/C15H25F3N2O3/c1-10(19-13(22)23-14(2,3)4)8-12(21)20-7-5-6-11(9-20)15(16,17)18/h10-11H,5-9H2,1-4H3,(H,19,22)/t10-,11+/m0/s1. The Kier molecular flexibility index (Phi) is 6.30. The lowest BCUT2D eigenvalue weighted by Crippen LogP contribution is -2.47. The third-order valence-corrected chi connectivity index (χ3v) is 3.48. The van der Waals surface area contributed by atoms with E-state index in [0.717, 1.165) is 0 Å². The summed E-state index contributed by atoms with van der Waals surface area (Å²) in [5, 5.41) is 2.52. The van der Waals surface area contributed by atoms with Crippen LogP contribution in [-0.4, -0.2) is 47.8 Å². The Balaban J connectivity index is 2.47. The summed E-state index contributed by atoms with van der Waals surface area (Å²) >= 11 is 0. The van der Waals surface area contributed by atoms with Gasteiger partial charge >= 0.3 is 12.3 Å². The maximum Gasteiger partial charge on any atom is 0.407 e. The van der Waals surface area contributed by atoms with Gasteiger partial charge in [0.05, 0.1) is 5.92 Å². The van der Waals surface area contributed by atoms with E-state index >= 15 is 0 Å². The topological polar surface area (TPSA) is 58.6 Å². The molecular weight excluding hydrogens is 313 g/mol. The Bertz CT molecular complexity index is 433. The fourth-order valence-electron chi connectivity index (χ4n) is 2.42. The monoisotopic (exact) mass is 338 g/mol. The summed E-state index contributed by atoms with van der Waals surface area (Å²) in [5.74, 6) is -1.85. The van der Waals surface area contributed by atoms with E-state index in [1.54, 1.807) is 27.7 Å². The summed E-state index contributed by atoms with van der Waals surface area (Å²) < 4.78 is 43.3. The Morgan fingerprint density at radius 3 is 2.43 bits per heavy atom. The predicted molar refractivity (Wildman–Crippen MR) is 78.8 cm³/mol. The van der Waals surface area contributed by atoms with Gasteiger partial charge in [0.25, 0.3) is 0 Å². The number of halogens is 3. The molecule has 1 heterocycles. The minimum Gasteiger partial charge on any atom is -0.444 e. The summed E-state index contributed by atoms with van der Waals surface area (Å²) in [6.45, 7) is 6.79. The van der Waals surface area contributed by atoms with E-state index in [0.29, 0.717) is 13.0 Å². The molecule has 1 fully saturated rings. The zero-order valence-electron chi connectivity index (χ0n) is 14.0. The molecule has 1 saturated heterocycles. The largest absolute Gasteiger partial charge is 0.444 e. The van der Waals surface area contributed by atoms with Gasteiger partial charge in [-0.2, -0.15) is 13.2 Å². The fraction of sp³-hybridized carbons (Fsp3) is 0.867. The number of nitrogens with zero attached hydrogens (tertiary/aromatic N) is 1.